The van der Waals surface area contributed by atoms with E-state index >= 15 is 0 Å². The molecule has 1 aromatic carbocycles. The molecule has 1 aliphatic carbocycles. The number of hydrogen-bond donors (Lipinski definition) is 0. The van der Waals surface area contributed by atoms with Gasteiger partial charge in [-0.3, -0.25) is 0 Å². The highest BCUT2D eigenvalue weighted by Gasteiger charge is 2.27. The Kier molecular flexibility index (Phi) is 3.91. The number of hydrogen-bond acceptors (Lipinski definition) is 2. The van der Waals surface area contributed by atoms with E-state index in [9.17, 15) is 0 Å². The van der Waals surface area contributed by atoms with Gasteiger partial charge in [0, 0.05) is 6.04 Å². The summed E-state index contributed by atoms with van der Waals surface area (Å²) in [5.41, 5.74) is 2.67. The second kappa shape index (κ2) is 5.69. The first-order valence-electron chi connectivity index (χ1n) is 7.59. The van der Waals surface area contributed by atoms with E-state index in [0.717, 1.165) is 41.5 Å². The van der Waals surface area contributed by atoms with E-state index in [2.05, 4.69) is 29.5 Å². The van der Waals surface area contributed by atoms with Gasteiger partial charge >= 0.3 is 0 Å². The molecule has 21 heavy (non-hydrogen) atoms. The lowest BCUT2D eigenvalue weighted by Crippen LogP contribution is -2.23. The number of fused-ring (bicyclic) bond motifs is 1. The average Bonchev–Trinajstić information content (AvgIpc) is 2.83. The highest BCUT2D eigenvalue weighted by molar-refractivity contribution is 6.16. The second-order valence-corrected chi connectivity index (χ2v) is 6.69. The van der Waals surface area contributed by atoms with Crippen LogP contribution in [0.25, 0.3) is 11.0 Å². The minimum atomic E-state index is 0.413. The van der Waals surface area contributed by atoms with Crippen LogP contribution in [-0.4, -0.2) is 9.55 Å². The lowest BCUT2D eigenvalue weighted by molar-refractivity contribution is 0.222. The molecular weight excluding hydrogens is 282 g/mol. The normalized spacial score (nSPS) is 25.9. The maximum absolute atomic E-state index is 9.14. The zero-order valence-corrected chi connectivity index (χ0v) is 13.3. The van der Waals surface area contributed by atoms with Gasteiger partial charge in [-0.1, -0.05) is 13.8 Å². The Bertz CT molecular complexity index is 688. The quantitative estimate of drug-likeness (QED) is 0.758. The third kappa shape index (κ3) is 2.65. The lowest BCUT2D eigenvalue weighted by Gasteiger charge is -2.33. The van der Waals surface area contributed by atoms with E-state index in [0.29, 0.717) is 17.5 Å². The van der Waals surface area contributed by atoms with Crippen molar-refractivity contribution in [2.45, 2.75) is 45.0 Å². The molecular formula is C17H20ClN3. The van der Waals surface area contributed by atoms with Crippen LogP contribution in [0.1, 0.15) is 50.5 Å². The molecule has 4 heteroatoms. The number of halogens is 1. The van der Waals surface area contributed by atoms with Gasteiger partial charge in [-0.15, -0.1) is 11.6 Å². The fourth-order valence-corrected chi connectivity index (χ4v) is 4.02. The molecule has 2 unspecified atom stereocenters. The van der Waals surface area contributed by atoms with Gasteiger partial charge in [0.2, 0.25) is 0 Å². The predicted octanol–water partition coefficient (Wildman–Crippen LogP) is 4.64. The summed E-state index contributed by atoms with van der Waals surface area (Å²) >= 11 is 6.12. The third-order valence-electron chi connectivity index (χ3n) is 4.53. The minimum absolute atomic E-state index is 0.413. The molecule has 3 nitrogen and oxygen atoms in total. The van der Waals surface area contributed by atoms with Crippen molar-refractivity contribution in [3.05, 3.63) is 29.6 Å². The van der Waals surface area contributed by atoms with Gasteiger partial charge in [0.25, 0.3) is 0 Å². The van der Waals surface area contributed by atoms with E-state index < -0.39 is 0 Å². The van der Waals surface area contributed by atoms with Gasteiger partial charge < -0.3 is 4.57 Å². The summed E-state index contributed by atoms with van der Waals surface area (Å²) < 4.78 is 2.29. The summed E-state index contributed by atoms with van der Waals surface area (Å²) in [6.45, 7) is 4.64. The molecule has 0 spiro atoms. The summed E-state index contributed by atoms with van der Waals surface area (Å²) in [5.74, 6) is 2.78. The predicted molar refractivity (Wildman–Crippen MR) is 85.2 cm³/mol. The summed E-state index contributed by atoms with van der Waals surface area (Å²) in [4.78, 5) is 4.65. The number of benzene rings is 1. The molecule has 1 aliphatic rings. The minimum Gasteiger partial charge on any atom is -0.324 e. The van der Waals surface area contributed by atoms with Gasteiger partial charge in [-0.2, -0.15) is 5.26 Å². The number of nitriles is 1. The van der Waals surface area contributed by atoms with Gasteiger partial charge in [0.15, 0.2) is 0 Å². The molecule has 0 radical (unpaired) electrons. The molecule has 0 bridgehead atoms. The highest BCUT2D eigenvalue weighted by atomic mass is 35.5. The number of nitrogens with zero attached hydrogens (tertiary/aromatic N) is 3. The molecule has 2 atom stereocenters. The second-order valence-electron chi connectivity index (χ2n) is 6.42. The van der Waals surface area contributed by atoms with Crippen LogP contribution >= 0.6 is 11.6 Å². The Morgan fingerprint density at radius 1 is 1.29 bits per heavy atom. The summed E-state index contributed by atoms with van der Waals surface area (Å²) in [5, 5.41) is 9.14. The first-order chi connectivity index (χ1) is 10.1. The van der Waals surface area contributed by atoms with Crippen molar-refractivity contribution in [1.82, 2.24) is 9.55 Å². The van der Waals surface area contributed by atoms with E-state index in [1.165, 1.54) is 6.42 Å². The average molecular weight is 302 g/mol. The van der Waals surface area contributed by atoms with Gasteiger partial charge in [-0.25, -0.2) is 4.98 Å². The van der Waals surface area contributed by atoms with Crippen LogP contribution < -0.4 is 0 Å². The van der Waals surface area contributed by atoms with Crippen LogP contribution in [0.15, 0.2) is 18.2 Å². The highest BCUT2D eigenvalue weighted by Crippen LogP contribution is 2.38. The summed E-state index contributed by atoms with van der Waals surface area (Å²) in [7, 11) is 0. The molecule has 110 valence electrons. The van der Waals surface area contributed by atoms with E-state index in [4.69, 9.17) is 16.9 Å². The molecule has 1 fully saturated rings. The van der Waals surface area contributed by atoms with Crippen molar-refractivity contribution < 1.29 is 0 Å². The molecule has 0 aliphatic heterocycles. The van der Waals surface area contributed by atoms with E-state index in [1.807, 2.05) is 18.2 Å². The topological polar surface area (TPSA) is 41.6 Å². The number of rotatable bonds is 2. The zero-order valence-electron chi connectivity index (χ0n) is 12.5. The number of aromatic nitrogens is 2. The standard InChI is InChI=1S/C17H20ClN3/c1-11-5-12(2)7-14(6-11)21-16-8-13(10-19)3-4-15(16)20-17(21)9-18/h3-4,8,11-12,14H,5-7,9H2,1-2H3. The Balaban J connectivity index is 2.13. The number of imidazole rings is 1. The van der Waals surface area contributed by atoms with E-state index in [-0.39, 0.29) is 0 Å². The Labute approximate surface area is 130 Å². The first-order valence-corrected chi connectivity index (χ1v) is 8.12. The van der Waals surface area contributed by atoms with Crippen LogP contribution in [0.5, 0.6) is 0 Å². The van der Waals surface area contributed by atoms with Gasteiger partial charge in [-0.05, 0) is 49.3 Å². The van der Waals surface area contributed by atoms with Gasteiger partial charge in [0.05, 0.1) is 28.5 Å². The van der Waals surface area contributed by atoms with Crippen LogP contribution in [0.3, 0.4) is 0 Å². The van der Waals surface area contributed by atoms with Crippen molar-refractivity contribution in [3.63, 3.8) is 0 Å². The van der Waals surface area contributed by atoms with Crippen molar-refractivity contribution in [2.24, 2.45) is 11.8 Å². The third-order valence-corrected chi connectivity index (χ3v) is 4.77. The molecule has 1 heterocycles. The monoisotopic (exact) mass is 301 g/mol. The smallest absolute Gasteiger partial charge is 0.125 e. The first kappa shape index (κ1) is 14.4. The Hall–Kier alpha value is -1.53. The van der Waals surface area contributed by atoms with Crippen molar-refractivity contribution in [3.8, 4) is 6.07 Å². The van der Waals surface area contributed by atoms with Crippen LogP contribution in [0, 0.1) is 23.2 Å². The molecule has 1 saturated carbocycles. The molecule has 0 N–H and O–H groups in total. The Morgan fingerprint density at radius 3 is 2.62 bits per heavy atom. The van der Waals surface area contributed by atoms with Crippen molar-refractivity contribution >= 4 is 22.6 Å². The number of alkyl halides is 1. The van der Waals surface area contributed by atoms with Crippen LogP contribution in [0.4, 0.5) is 0 Å². The maximum Gasteiger partial charge on any atom is 0.125 e. The maximum atomic E-state index is 9.14. The van der Waals surface area contributed by atoms with Crippen LogP contribution in [-0.2, 0) is 5.88 Å². The van der Waals surface area contributed by atoms with Gasteiger partial charge in [0.1, 0.15) is 5.82 Å². The van der Waals surface area contributed by atoms with Crippen LogP contribution in [0.2, 0.25) is 0 Å². The fraction of sp³-hybridized carbons (Fsp3) is 0.529. The van der Waals surface area contributed by atoms with Crippen molar-refractivity contribution in [1.29, 1.82) is 5.26 Å². The SMILES string of the molecule is CC1CC(C)CC(n2c(CCl)nc3ccc(C#N)cc32)C1. The Morgan fingerprint density at radius 2 is 2.00 bits per heavy atom. The summed E-state index contributed by atoms with van der Waals surface area (Å²) in [6, 6.07) is 8.36. The largest absolute Gasteiger partial charge is 0.324 e. The lowest BCUT2D eigenvalue weighted by atomic mass is 9.80. The fourth-order valence-electron chi connectivity index (χ4n) is 3.83. The van der Waals surface area contributed by atoms with Crippen molar-refractivity contribution in [2.75, 3.05) is 0 Å². The molecule has 2 aromatic rings. The van der Waals surface area contributed by atoms with E-state index in [1.54, 1.807) is 0 Å². The molecule has 0 saturated heterocycles. The molecule has 3 rings (SSSR count). The zero-order chi connectivity index (χ0) is 15.0. The summed E-state index contributed by atoms with van der Waals surface area (Å²) in [6.07, 6.45) is 3.62. The molecule has 0 amide bonds. The molecule has 1 aromatic heterocycles.